The molecule has 20 heavy (non-hydrogen) atoms. The number of carbonyl (C=O) groups excluding carboxylic acids is 1. The summed E-state index contributed by atoms with van der Waals surface area (Å²) < 4.78 is 5.58. The van der Waals surface area contributed by atoms with E-state index < -0.39 is 12.2 Å². The molecule has 0 bridgehead atoms. The number of hydrogen-bond acceptors (Lipinski definition) is 3. The molecule has 4 nitrogen and oxygen atoms in total. The van der Waals surface area contributed by atoms with E-state index in [1.54, 1.807) is 6.92 Å². The minimum absolute atomic E-state index is 0.226. The zero-order valence-corrected chi connectivity index (χ0v) is 12.9. The van der Waals surface area contributed by atoms with Gasteiger partial charge in [0.2, 0.25) is 0 Å². The topological polar surface area (TPSA) is 58.6 Å². The third kappa shape index (κ3) is 5.21. The van der Waals surface area contributed by atoms with Gasteiger partial charge in [0.15, 0.2) is 6.10 Å². The maximum atomic E-state index is 11.9. The summed E-state index contributed by atoms with van der Waals surface area (Å²) in [6.07, 6.45) is -1.18. The first-order chi connectivity index (χ1) is 9.20. The van der Waals surface area contributed by atoms with Gasteiger partial charge in [0, 0.05) is 6.54 Å². The molecule has 0 aliphatic rings. The highest BCUT2D eigenvalue weighted by Crippen LogP contribution is 2.18. The van der Waals surface area contributed by atoms with Gasteiger partial charge in [0.25, 0.3) is 5.91 Å². The molecule has 4 heteroatoms. The molecule has 0 fully saturated rings. The van der Waals surface area contributed by atoms with Gasteiger partial charge in [-0.15, -0.1) is 0 Å². The van der Waals surface area contributed by atoms with Crippen LogP contribution in [0.5, 0.6) is 5.75 Å². The monoisotopic (exact) mass is 279 g/mol. The molecule has 2 atom stereocenters. The van der Waals surface area contributed by atoms with Crippen LogP contribution in [-0.2, 0) is 4.79 Å². The Morgan fingerprint density at radius 2 is 2.05 bits per heavy atom. The Hall–Kier alpha value is -1.55. The minimum Gasteiger partial charge on any atom is -0.481 e. The maximum Gasteiger partial charge on any atom is 0.260 e. The van der Waals surface area contributed by atoms with Crippen LogP contribution in [0.3, 0.4) is 0 Å². The molecule has 112 valence electrons. The van der Waals surface area contributed by atoms with E-state index in [-0.39, 0.29) is 17.9 Å². The van der Waals surface area contributed by atoms with Crippen molar-refractivity contribution in [3.63, 3.8) is 0 Å². The van der Waals surface area contributed by atoms with E-state index in [0.717, 1.165) is 5.56 Å². The summed E-state index contributed by atoms with van der Waals surface area (Å²) in [5, 5.41) is 12.6. The second-order valence-electron chi connectivity index (χ2n) is 6.20. The first-order valence-electron chi connectivity index (χ1n) is 6.89. The Bertz CT molecular complexity index is 451. The number of aryl methyl sites for hydroxylation is 1. The fraction of sp³-hybridized carbons (Fsp3) is 0.562. The van der Waals surface area contributed by atoms with Crippen LogP contribution in [0.25, 0.3) is 0 Å². The Morgan fingerprint density at radius 3 is 2.60 bits per heavy atom. The fourth-order valence-electron chi connectivity index (χ4n) is 1.59. The van der Waals surface area contributed by atoms with Crippen LogP contribution in [0.2, 0.25) is 0 Å². The first-order valence-corrected chi connectivity index (χ1v) is 6.89. The van der Waals surface area contributed by atoms with Gasteiger partial charge in [0.1, 0.15) is 5.75 Å². The van der Waals surface area contributed by atoms with Crippen molar-refractivity contribution in [2.24, 2.45) is 5.41 Å². The van der Waals surface area contributed by atoms with Crippen molar-refractivity contribution < 1.29 is 14.6 Å². The predicted octanol–water partition coefficient (Wildman–Crippen LogP) is 2.29. The molecule has 0 aliphatic heterocycles. The Balaban J connectivity index is 2.47. The molecule has 2 N–H and O–H groups in total. The fourth-order valence-corrected chi connectivity index (χ4v) is 1.59. The van der Waals surface area contributed by atoms with E-state index in [1.807, 2.05) is 52.0 Å². The third-order valence-electron chi connectivity index (χ3n) is 3.14. The van der Waals surface area contributed by atoms with Crippen molar-refractivity contribution >= 4 is 5.91 Å². The zero-order chi connectivity index (χ0) is 15.3. The standard InChI is InChI=1S/C16H25NO3/c1-11-7-6-8-13(9-11)20-12(2)15(19)17-10-14(18)16(3,4)5/h6-9,12,14,18H,10H2,1-5H3,(H,17,19). The Labute approximate surface area is 121 Å². The first kappa shape index (κ1) is 16.5. The summed E-state index contributed by atoms with van der Waals surface area (Å²) in [7, 11) is 0. The van der Waals surface area contributed by atoms with Gasteiger partial charge in [-0.05, 0) is 37.0 Å². The lowest BCUT2D eigenvalue weighted by Gasteiger charge is -2.26. The molecule has 0 spiro atoms. The van der Waals surface area contributed by atoms with Crippen LogP contribution in [0, 0.1) is 12.3 Å². The molecule has 2 unspecified atom stereocenters. The number of rotatable bonds is 5. The lowest BCUT2D eigenvalue weighted by molar-refractivity contribution is -0.128. The number of aliphatic hydroxyl groups is 1. The van der Waals surface area contributed by atoms with Gasteiger partial charge in [-0.3, -0.25) is 4.79 Å². The second kappa shape index (κ2) is 6.75. The normalized spacial score (nSPS) is 14.5. The summed E-state index contributed by atoms with van der Waals surface area (Å²) in [5.41, 5.74) is 0.826. The van der Waals surface area contributed by atoms with Crippen LogP contribution in [-0.4, -0.2) is 29.8 Å². The number of nitrogens with one attached hydrogen (secondary N) is 1. The summed E-state index contributed by atoms with van der Waals surface area (Å²) in [6.45, 7) is 9.67. The van der Waals surface area contributed by atoms with Crippen molar-refractivity contribution in [2.75, 3.05) is 6.54 Å². The SMILES string of the molecule is Cc1cccc(OC(C)C(=O)NCC(O)C(C)(C)C)c1. The highest BCUT2D eigenvalue weighted by Gasteiger charge is 2.23. The van der Waals surface area contributed by atoms with Gasteiger partial charge in [-0.2, -0.15) is 0 Å². The average Bonchev–Trinajstić information content (AvgIpc) is 2.34. The highest BCUT2D eigenvalue weighted by atomic mass is 16.5. The molecule has 0 heterocycles. The second-order valence-corrected chi connectivity index (χ2v) is 6.20. The highest BCUT2D eigenvalue weighted by molar-refractivity contribution is 5.80. The number of benzene rings is 1. The van der Waals surface area contributed by atoms with E-state index in [4.69, 9.17) is 4.74 Å². The third-order valence-corrected chi connectivity index (χ3v) is 3.14. The Morgan fingerprint density at radius 1 is 1.40 bits per heavy atom. The van der Waals surface area contributed by atoms with Crippen molar-refractivity contribution in [3.05, 3.63) is 29.8 Å². The molecular weight excluding hydrogens is 254 g/mol. The summed E-state index contributed by atoms with van der Waals surface area (Å²) in [4.78, 5) is 11.9. The van der Waals surface area contributed by atoms with E-state index in [9.17, 15) is 9.90 Å². The maximum absolute atomic E-state index is 11.9. The van der Waals surface area contributed by atoms with Crippen LogP contribution in [0.1, 0.15) is 33.3 Å². The molecule has 0 radical (unpaired) electrons. The molecule has 1 rings (SSSR count). The quantitative estimate of drug-likeness (QED) is 0.869. The molecule has 0 saturated carbocycles. The van der Waals surface area contributed by atoms with Gasteiger partial charge in [0.05, 0.1) is 6.10 Å². The van der Waals surface area contributed by atoms with Gasteiger partial charge >= 0.3 is 0 Å². The number of amides is 1. The molecule has 0 aliphatic carbocycles. The number of hydrogen-bond donors (Lipinski definition) is 2. The summed E-state index contributed by atoms with van der Waals surface area (Å²) >= 11 is 0. The molecule has 0 aromatic heterocycles. The van der Waals surface area contributed by atoms with Crippen molar-refractivity contribution in [2.45, 2.75) is 46.8 Å². The van der Waals surface area contributed by atoms with Crippen molar-refractivity contribution in [1.29, 1.82) is 0 Å². The van der Waals surface area contributed by atoms with Crippen molar-refractivity contribution in [1.82, 2.24) is 5.32 Å². The van der Waals surface area contributed by atoms with Crippen molar-refractivity contribution in [3.8, 4) is 5.75 Å². The minimum atomic E-state index is -0.594. The smallest absolute Gasteiger partial charge is 0.260 e. The van der Waals surface area contributed by atoms with E-state index in [0.29, 0.717) is 5.75 Å². The number of aliphatic hydroxyl groups excluding tert-OH is 1. The van der Waals surface area contributed by atoms with Crippen LogP contribution < -0.4 is 10.1 Å². The van der Waals surface area contributed by atoms with Gasteiger partial charge in [-0.1, -0.05) is 32.9 Å². The lowest BCUT2D eigenvalue weighted by Crippen LogP contribution is -2.43. The lowest BCUT2D eigenvalue weighted by atomic mass is 9.89. The zero-order valence-electron chi connectivity index (χ0n) is 12.9. The predicted molar refractivity (Wildman–Crippen MR) is 79.7 cm³/mol. The molecule has 1 amide bonds. The van der Waals surface area contributed by atoms with Crippen LogP contribution in [0.4, 0.5) is 0 Å². The van der Waals surface area contributed by atoms with E-state index in [1.165, 1.54) is 0 Å². The van der Waals surface area contributed by atoms with Gasteiger partial charge in [-0.25, -0.2) is 0 Å². The van der Waals surface area contributed by atoms with E-state index in [2.05, 4.69) is 5.32 Å². The summed E-state index contributed by atoms with van der Waals surface area (Å²) in [6, 6.07) is 7.56. The molecule has 1 aromatic carbocycles. The largest absolute Gasteiger partial charge is 0.481 e. The number of ether oxygens (including phenoxy) is 1. The molecule has 0 saturated heterocycles. The van der Waals surface area contributed by atoms with Crippen LogP contribution in [0.15, 0.2) is 24.3 Å². The summed E-state index contributed by atoms with van der Waals surface area (Å²) in [5.74, 6) is 0.443. The number of carbonyl (C=O) groups is 1. The average molecular weight is 279 g/mol. The van der Waals surface area contributed by atoms with Crippen LogP contribution >= 0.6 is 0 Å². The Kier molecular flexibility index (Phi) is 5.57. The molecular formula is C16H25NO3. The molecule has 1 aromatic rings. The van der Waals surface area contributed by atoms with Gasteiger partial charge < -0.3 is 15.2 Å². The van der Waals surface area contributed by atoms with E-state index >= 15 is 0 Å².